The van der Waals surface area contributed by atoms with Gasteiger partial charge in [-0.25, -0.2) is 4.98 Å². The van der Waals surface area contributed by atoms with Crippen LogP contribution in [0.15, 0.2) is 28.5 Å². The third kappa shape index (κ3) is 0.378. The van der Waals surface area contributed by atoms with Crippen LogP contribution in [0.5, 0.6) is 0 Å². The van der Waals surface area contributed by atoms with Crippen LogP contribution in [-0.2, 0) is 0 Å². The summed E-state index contributed by atoms with van der Waals surface area (Å²) in [6, 6.07) is 0.604. The van der Waals surface area contributed by atoms with Crippen LogP contribution in [0.2, 0.25) is 0 Å². The molecule has 3 heteroatoms. The third-order valence-electron chi connectivity index (χ3n) is 1.65. The van der Waals surface area contributed by atoms with Crippen LogP contribution in [0.3, 0.4) is 0 Å². The van der Waals surface area contributed by atoms with E-state index in [1.165, 1.54) is 4.91 Å². The Morgan fingerprint density at radius 1 is 1.67 bits per heavy atom. The molecule has 0 saturated carbocycles. The topological polar surface area (TPSA) is 17.8 Å². The summed E-state index contributed by atoms with van der Waals surface area (Å²) in [5, 5.41) is 1.15. The fourth-order valence-electron chi connectivity index (χ4n) is 1.11. The van der Waals surface area contributed by atoms with Crippen molar-refractivity contribution in [3.8, 4) is 0 Å². The van der Waals surface area contributed by atoms with E-state index >= 15 is 0 Å². The lowest BCUT2D eigenvalue weighted by Crippen LogP contribution is -1.88. The molecular weight excluding hydrogens is 132 g/mol. The van der Waals surface area contributed by atoms with Gasteiger partial charge in [-0.15, -0.1) is 0 Å². The Morgan fingerprint density at radius 2 is 2.67 bits per heavy atom. The van der Waals surface area contributed by atoms with Gasteiger partial charge in [-0.2, -0.15) is 0 Å². The fourth-order valence-corrected chi connectivity index (χ4v) is 2.15. The number of nitrogens with zero attached hydrogens (tertiary/aromatic N) is 2. The second-order valence-electron chi connectivity index (χ2n) is 2.23. The van der Waals surface area contributed by atoms with Gasteiger partial charge in [-0.05, 0) is 6.08 Å². The summed E-state index contributed by atoms with van der Waals surface area (Å²) in [4.78, 5) is 5.63. The first-order valence-electron chi connectivity index (χ1n) is 2.87. The maximum atomic E-state index is 4.16. The lowest BCUT2D eigenvalue weighted by Gasteiger charge is -1.92. The van der Waals surface area contributed by atoms with Gasteiger partial charge in [0, 0.05) is 17.3 Å². The van der Waals surface area contributed by atoms with E-state index in [0.29, 0.717) is 6.04 Å². The van der Waals surface area contributed by atoms with E-state index in [9.17, 15) is 0 Å². The standard InChI is InChI=1S/C6H4N2S/c1-2-8-4-3-5(4)9-6(8)7-1/h1-4H/t4-/m0/s1. The minimum absolute atomic E-state index is 0.604. The van der Waals surface area contributed by atoms with Gasteiger partial charge in [-0.3, -0.25) is 0 Å². The van der Waals surface area contributed by atoms with E-state index in [1.54, 1.807) is 11.8 Å². The SMILES string of the molecule is C1=C2Sc3nccn3[C@@H]12. The molecule has 2 aliphatic rings. The van der Waals surface area contributed by atoms with Crippen LogP contribution < -0.4 is 0 Å². The second kappa shape index (κ2) is 1.09. The average molecular weight is 136 g/mol. The number of hydrogen-bond donors (Lipinski definition) is 0. The van der Waals surface area contributed by atoms with Crippen molar-refractivity contribution < 1.29 is 0 Å². The molecule has 44 valence electrons. The van der Waals surface area contributed by atoms with Crippen molar-refractivity contribution in [3.05, 3.63) is 23.4 Å². The van der Waals surface area contributed by atoms with E-state index in [4.69, 9.17) is 0 Å². The van der Waals surface area contributed by atoms with E-state index in [1.807, 2.05) is 12.4 Å². The van der Waals surface area contributed by atoms with E-state index in [2.05, 4.69) is 15.6 Å². The quantitative estimate of drug-likeness (QED) is 0.537. The van der Waals surface area contributed by atoms with Crippen molar-refractivity contribution in [1.82, 2.24) is 9.55 Å². The Bertz CT molecular complexity index is 300. The van der Waals surface area contributed by atoms with Gasteiger partial charge in [0.25, 0.3) is 0 Å². The smallest absolute Gasteiger partial charge is 0.173 e. The zero-order valence-electron chi connectivity index (χ0n) is 4.61. The maximum absolute atomic E-state index is 4.16. The molecule has 0 unspecified atom stereocenters. The number of hydrogen-bond acceptors (Lipinski definition) is 2. The Labute approximate surface area is 56.6 Å². The molecule has 0 radical (unpaired) electrons. The number of allylic oxidation sites excluding steroid dienone is 2. The highest BCUT2D eigenvalue weighted by molar-refractivity contribution is 8.03. The minimum Gasteiger partial charge on any atom is -0.314 e. The molecule has 2 heterocycles. The summed E-state index contributed by atoms with van der Waals surface area (Å²) in [5.74, 6) is 0. The first kappa shape index (κ1) is 4.17. The molecule has 0 saturated heterocycles. The Morgan fingerprint density at radius 3 is 3.56 bits per heavy atom. The second-order valence-corrected chi connectivity index (χ2v) is 3.27. The van der Waals surface area contributed by atoms with E-state index in [0.717, 1.165) is 5.16 Å². The van der Waals surface area contributed by atoms with Gasteiger partial charge in [0.1, 0.15) is 0 Å². The highest BCUT2D eigenvalue weighted by Crippen LogP contribution is 2.53. The van der Waals surface area contributed by atoms with Crippen LogP contribution >= 0.6 is 11.8 Å². The summed E-state index contributed by atoms with van der Waals surface area (Å²) in [7, 11) is 0. The Kier molecular flexibility index (Phi) is 0.505. The molecule has 1 atom stereocenters. The largest absolute Gasteiger partial charge is 0.314 e. The van der Waals surface area contributed by atoms with E-state index in [-0.39, 0.29) is 0 Å². The van der Waals surface area contributed by atoms with Crippen LogP contribution in [0, 0.1) is 0 Å². The van der Waals surface area contributed by atoms with Gasteiger partial charge in [0.05, 0.1) is 6.04 Å². The van der Waals surface area contributed by atoms with Gasteiger partial charge >= 0.3 is 0 Å². The molecule has 1 aromatic heterocycles. The molecule has 0 N–H and O–H groups in total. The van der Waals surface area contributed by atoms with Crippen LogP contribution in [0.4, 0.5) is 0 Å². The minimum atomic E-state index is 0.604. The highest BCUT2D eigenvalue weighted by atomic mass is 32.2. The first-order chi connectivity index (χ1) is 4.45. The maximum Gasteiger partial charge on any atom is 0.173 e. The molecule has 3 rings (SSSR count). The molecule has 0 spiro atoms. The van der Waals surface area contributed by atoms with E-state index < -0.39 is 0 Å². The Balaban J connectivity index is 2.29. The fraction of sp³-hybridized carbons (Fsp3) is 0.167. The molecule has 0 amide bonds. The number of thioether (sulfide) groups is 1. The van der Waals surface area contributed by atoms with Crippen LogP contribution in [-0.4, -0.2) is 9.55 Å². The van der Waals surface area contributed by atoms with Crippen molar-refractivity contribution in [2.24, 2.45) is 0 Å². The number of aromatic nitrogens is 2. The van der Waals surface area contributed by atoms with Gasteiger partial charge in [0.2, 0.25) is 0 Å². The molecule has 0 bridgehead atoms. The number of imidazole rings is 1. The summed E-state index contributed by atoms with van der Waals surface area (Å²) in [6.07, 6.45) is 6.13. The summed E-state index contributed by atoms with van der Waals surface area (Å²) in [6.45, 7) is 0. The number of rotatable bonds is 0. The van der Waals surface area contributed by atoms with Gasteiger partial charge in [0.15, 0.2) is 5.16 Å². The van der Waals surface area contributed by atoms with Crippen molar-refractivity contribution in [2.45, 2.75) is 11.2 Å². The molecule has 9 heavy (non-hydrogen) atoms. The lowest BCUT2D eigenvalue weighted by atomic mass is 10.6. The zero-order valence-corrected chi connectivity index (χ0v) is 5.43. The van der Waals surface area contributed by atoms with Crippen molar-refractivity contribution in [1.29, 1.82) is 0 Å². The molecular formula is C6H4N2S. The predicted molar refractivity (Wildman–Crippen MR) is 35.2 cm³/mol. The third-order valence-corrected chi connectivity index (χ3v) is 2.76. The molecule has 1 aliphatic heterocycles. The zero-order chi connectivity index (χ0) is 5.84. The first-order valence-corrected chi connectivity index (χ1v) is 3.69. The van der Waals surface area contributed by atoms with Gasteiger partial charge < -0.3 is 4.57 Å². The molecule has 0 aromatic carbocycles. The highest BCUT2D eigenvalue weighted by Gasteiger charge is 2.36. The molecule has 1 aromatic rings. The van der Waals surface area contributed by atoms with Crippen molar-refractivity contribution in [3.63, 3.8) is 0 Å². The van der Waals surface area contributed by atoms with Crippen LogP contribution in [0.1, 0.15) is 6.04 Å². The Hall–Kier alpha value is -0.700. The molecule has 1 aliphatic carbocycles. The van der Waals surface area contributed by atoms with Crippen molar-refractivity contribution in [2.75, 3.05) is 0 Å². The van der Waals surface area contributed by atoms with Gasteiger partial charge in [-0.1, -0.05) is 11.8 Å². The molecule has 0 fully saturated rings. The summed E-state index contributed by atoms with van der Waals surface area (Å²) in [5.41, 5.74) is 0. The summed E-state index contributed by atoms with van der Waals surface area (Å²) >= 11 is 1.78. The predicted octanol–water partition coefficient (Wildman–Crippen LogP) is 1.43. The van der Waals surface area contributed by atoms with Crippen LogP contribution in [0.25, 0.3) is 0 Å². The monoisotopic (exact) mass is 136 g/mol. The normalized spacial score (nSPS) is 27.1. The lowest BCUT2D eigenvalue weighted by molar-refractivity contribution is 0.717. The molecule has 2 nitrogen and oxygen atoms in total. The number of fused-ring (bicyclic) bond motifs is 3. The average Bonchev–Trinajstić information content (AvgIpc) is 2.38. The van der Waals surface area contributed by atoms with Crippen molar-refractivity contribution >= 4 is 11.8 Å². The summed E-state index contributed by atoms with van der Waals surface area (Å²) < 4.78 is 2.19.